The van der Waals surface area contributed by atoms with Gasteiger partial charge in [-0.2, -0.15) is 0 Å². The highest BCUT2D eigenvalue weighted by atomic mass is 14.0. The third-order valence-corrected chi connectivity index (χ3v) is 4.85. The van der Waals surface area contributed by atoms with Crippen molar-refractivity contribution in [3.63, 3.8) is 0 Å². The molecule has 0 heterocycles. The van der Waals surface area contributed by atoms with Gasteiger partial charge < -0.3 is 0 Å². The smallest absolute Gasteiger partial charge is 0.00257 e. The van der Waals surface area contributed by atoms with Gasteiger partial charge in [0.2, 0.25) is 0 Å². The number of benzene rings is 4. The van der Waals surface area contributed by atoms with Crippen LogP contribution in [-0.2, 0) is 6.42 Å². The molecule has 0 aromatic heterocycles. The normalized spacial score (nSPS) is 10.6. The lowest BCUT2D eigenvalue weighted by Gasteiger charge is -2.05. The van der Waals surface area contributed by atoms with Gasteiger partial charge in [-0.1, -0.05) is 134 Å². The van der Waals surface area contributed by atoms with Crippen LogP contribution in [0, 0.1) is 0 Å². The molecule has 0 saturated carbocycles. The highest BCUT2D eigenvalue weighted by Crippen LogP contribution is 2.17. The van der Waals surface area contributed by atoms with Gasteiger partial charge in [-0.25, -0.2) is 0 Å². The number of hydrogen-bond acceptors (Lipinski definition) is 0. The van der Waals surface area contributed by atoms with Crippen LogP contribution in [0.25, 0.3) is 17.2 Å². The lowest BCUT2D eigenvalue weighted by Crippen LogP contribution is -1.88. The Labute approximate surface area is 180 Å². The summed E-state index contributed by atoms with van der Waals surface area (Å²) in [6.07, 6.45) is 3.13. The van der Waals surface area contributed by atoms with E-state index in [0.717, 1.165) is 6.42 Å². The minimum atomic E-state index is 0.921. The van der Waals surface area contributed by atoms with E-state index >= 15 is 0 Å². The van der Waals surface area contributed by atoms with Gasteiger partial charge >= 0.3 is 0 Å². The van der Waals surface area contributed by atoms with Crippen molar-refractivity contribution in [2.75, 3.05) is 0 Å². The van der Waals surface area contributed by atoms with E-state index < -0.39 is 0 Å². The van der Waals surface area contributed by atoms with E-state index in [4.69, 9.17) is 0 Å². The van der Waals surface area contributed by atoms with Gasteiger partial charge in [-0.05, 0) is 46.7 Å². The van der Waals surface area contributed by atoms with Crippen molar-refractivity contribution in [2.45, 2.75) is 13.3 Å². The van der Waals surface area contributed by atoms with Gasteiger partial charge in [0.25, 0.3) is 0 Å². The summed E-state index contributed by atoms with van der Waals surface area (Å²) in [4.78, 5) is 0. The third kappa shape index (κ3) is 6.76. The summed E-state index contributed by atoms with van der Waals surface area (Å²) in [5, 5.41) is 0. The highest BCUT2D eigenvalue weighted by Gasteiger charge is 1.99. The Morgan fingerprint density at radius 1 is 0.600 bits per heavy atom. The molecule has 4 rings (SSSR count). The molecule has 0 nitrogen and oxygen atoms in total. The Bertz CT molecular complexity index is 1040. The van der Waals surface area contributed by atoms with Gasteiger partial charge in [0.1, 0.15) is 0 Å². The molecule has 0 amide bonds. The van der Waals surface area contributed by atoms with E-state index in [2.05, 4.69) is 105 Å². The molecule has 4 aromatic carbocycles. The third-order valence-electron chi connectivity index (χ3n) is 4.85. The fourth-order valence-corrected chi connectivity index (χ4v) is 3.20. The summed E-state index contributed by atoms with van der Waals surface area (Å²) >= 11 is 0. The zero-order chi connectivity index (χ0) is 21.0. The molecule has 0 heteroatoms. The standard InChI is InChI=1S/2C15H14/c2*1-13(15-10-6-3-7-11-15)12-14-8-4-2-5-9-14/h2-12H,1H3;2-11H,1,12H2. The Morgan fingerprint density at radius 3 is 1.57 bits per heavy atom. The summed E-state index contributed by atoms with van der Waals surface area (Å²) in [6.45, 7) is 6.26. The molecule has 0 unspecified atom stereocenters. The fourth-order valence-electron chi connectivity index (χ4n) is 3.20. The van der Waals surface area contributed by atoms with Crippen LogP contribution in [0.2, 0.25) is 0 Å². The molecule has 30 heavy (non-hydrogen) atoms. The van der Waals surface area contributed by atoms with Gasteiger partial charge in [-0.15, -0.1) is 0 Å². The maximum atomic E-state index is 4.12. The molecule has 0 aliphatic rings. The molecular formula is C30H28. The van der Waals surface area contributed by atoms with Crippen molar-refractivity contribution in [3.8, 4) is 0 Å². The maximum Gasteiger partial charge on any atom is -0.00257 e. The van der Waals surface area contributed by atoms with Crippen LogP contribution in [0.4, 0.5) is 0 Å². The van der Waals surface area contributed by atoms with Crippen molar-refractivity contribution in [3.05, 3.63) is 150 Å². The van der Waals surface area contributed by atoms with Gasteiger partial charge in [-0.3, -0.25) is 0 Å². The van der Waals surface area contributed by atoms with Crippen LogP contribution in [0.1, 0.15) is 29.2 Å². The summed E-state index contributed by atoms with van der Waals surface area (Å²) in [5.41, 5.74) is 7.52. The van der Waals surface area contributed by atoms with Crippen molar-refractivity contribution < 1.29 is 0 Å². The Morgan fingerprint density at radius 2 is 1.03 bits per heavy atom. The van der Waals surface area contributed by atoms with E-state index in [-0.39, 0.29) is 0 Å². The van der Waals surface area contributed by atoms with Crippen LogP contribution in [0.15, 0.2) is 128 Å². The SMILES string of the molecule is C=C(Cc1ccccc1)c1ccccc1.CC(=Cc1ccccc1)c1ccccc1. The number of rotatable bonds is 5. The van der Waals surface area contributed by atoms with E-state index in [1.54, 1.807) is 0 Å². The maximum absolute atomic E-state index is 4.12. The molecule has 4 aromatic rings. The Kier molecular flexibility index (Phi) is 8.00. The Hall–Kier alpha value is -3.64. The molecule has 0 spiro atoms. The number of allylic oxidation sites excluding steroid dienone is 2. The molecule has 0 fully saturated rings. The van der Waals surface area contributed by atoms with Crippen molar-refractivity contribution in [1.29, 1.82) is 0 Å². The minimum Gasteiger partial charge on any atom is -0.0949 e. The monoisotopic (exact) mass is 388 g/mol. The molecule has 0 atom stereocenters. The van der Waals surface area contributed by atoms with E-state index in [0.29, 0.717) is 0 Å². The first kappa shape index (κ1) is 21.1. The molecule has 0 bridgehead atoms. The molecule has 0 N–H and O–H groups in total. The molecule has 0 radical (unpaired) electrons. The van der Waals surface area contributed by atoms with Gasteiger partial charge in [0, 0.05) is 0 Å². The molecule has 0 aliphatic carbocycles. The average molecular weight is 389 g/mol. The minimum absolute atomic E-state index is 0.921. The van der Waals surface area contributed by atoms with E-state index in [1.165, 1.54) is 33.4 Å². The predicted octanol–water partition coefficient (Wildman–Crippen LogP) is 8.19. The zero-order valence-corrected chi connectivity index (χ0v) is 17.5. The second kappa shape index (κ2) is 11.4. The highest BCUT2D eigenvalue weighted by molar-refractivity contribution is 5.80. The summed E-state index contributed by atoms with van der Waals surface area (Å²) in [6, 6.07) is 41.6. The van der Waals surface area contributed by atoms with E-state index in [9.17, 15) is 0 Å². The first-order valence-electron chi connectivity index (χ1n) is 10.3. The zero-order valence-electron chi connectivity index (χ0n) is 17.5. The fraction of sp³-hybridized carbons (Fsp3) is 0.0667. The lowest BCUT2D eigenvalue weighted by atomic mass is 10.00. The average Bonchev–Trinajstić information content (AvgIpc) is 2.82. The molecular weight excluding hydrogens is 360 g/mol. The first-order chi connectivity index (χ1) is 14.7. The summed E-state index contributed by atoms with van der Waals surface area (Å²) < 4.78 is 0. The van der Waals surface area contributed by atoms with Crippen molar-refractivity contribution in [2.24, 2.45) is 0 Å². The van der Waals surface area contributed by atoms with Crippen LogP contribution in [0.3, 0.4) is 0 Å². The molecule has 0 saturated heterocycles. The second-order valence-electron chi connectivity index (χ2n) is 7.24. The van der Waals surface area contributed by atoms with Crippen LogP contribution < -0.4 is 0 Å². The van der Waals surface area contributed by atoms with Gasteiger partial charge in [0.15, 0.2) is 0 Å². The summed E-state index contributed by atoms with van der Waals surface area (Å²) in [7, 11) is 0. The quantitative estimate of drug-likeness (QED) is 0.302. The first-order valence-corrected chi connectivity index (χ1v) is 10.3. The molecule has 0 aliphatic heterocycles. The van der Waals surface area contributed by atoms with Crippen LogP contribution in [0.5, 0.6) is 0 Å². The predicted molar refractivity (Wildman–Crippen MR) is 132 cm³/mol. The largest absolute Gasteiger partial charge is 0.0949 e. The van der Waals surface area contributed by atoms with Crippen molar-refractivity contribution >= 4 is 17.2 Å². The topological polar surface area (TPSA) is 0 Å². The van der Waals surface area contributed by atoms with Crippen molar-refractivity contribution in [1.82, 2.24) is 0 Å². The molecule has 148 valence electrons. The Balaban J connectivity index is 0.000000171. The van der Waals surface area contributed by atoms with E-state index in [1.807, 2.05) is 36.4 Å². The summed E-state index contributed by atoms with van der Waals surface area (Å²) in [5.74, 6) is 0. The number of hydrogen-bond donors (Lipinski definition) is 0. The second-order valence-corrected chi connectivity index (χ2v) is 7.24. The van der Waals surface area contributed by atoms with Crippen LogP contribution >= 0.6 is 0 Å². The van der Waals surface area contributed by atoms with Crippen LogP contribution in [-0.4, -0.2) is 0 Å². The van der Waals surface area contributed by atoms with Gasteiger partial charge in [0.05, 0.1) is 0 Å². The lowest BCUT2D eigenvalue weighted by molar-refractivity contribution is 1.29.